The molecular weight excluding hydrogens is 355 g/mol. The molecule has 0 amide bonds. The summed E-state index contributed by atoms with van der Waals surface area (Å²) in [5.74, 6) is 0.960. The number of rotatable bonds is 6. The Hall–Kier alpha value is -1.06. The molecule has 0 saturated heterocycles. The summed E-state index contributed by atoms with van der Waals surface area (Å²) in [5, 5.41) is 1.33. The first kappa shape index (κ1) is 16.3. The highest BCUT2D eigenvalue weighted by atomic mass is 79.9. The molecule has 0 spiro atoms. The third-order valence-electron chi connectivity index (χ3n) is 3.44. The molecule has 1 atom stereocenters. The van der Waals surface area contributed by atoms with Crippen LogP contribution in [0.5, 0.6) is 5.75 Å². The van der Waals surface area contributed by atoms with Crippen molar-refractivity contribution in [1.29, 1.82) is 0 Å². The third-order valence-corrected chi connectivity index (χ3v) is 4.71. The predicted molar refractivity (Wildman–Crippen MR) is 89.1 cm³/mol. The normalized spacial score (nSPS) is 12.2. The highest BCUT2D eigenvalue weighted by Crippen LogP contribution is 2.26. The van der Waals surface area contributed by atoms with E-state index in [-0.39, 0.29) is 5.82 Å². The van der Waals surface area contributed by atoms with Crippen LogP contribution in [0.4, 0.5) is 4.39 Å². The van der Waals surface area contributed by atoms with Crippen molar-refractivity contribution < 1.29 is 9.13 Å². The first-order valence-electron chi connectivity index (χ1n) is 6.75. The Morgan fingerprint density at radius 2 is 1.86 bits per heavy atom. The van der Waals surface area contributed by atoms with Crippen molar-refractivity contribution in [1.82, 2.24) is 0 Å². The van der Waals surface area contributed by atoms with Gasteiger partial charge in [0.1, 0.15) is 11.6 Å². The molecule has 0 N–H and O–H groups in total. The van der Waals surface area contributed by atoms with Gasteiger partial charge < -0.3 is 4.74 Å². The van der Waals surface area contributed by atoms with E-state index in [1.807, 2.05) is 18.2 Å². The molecule has 21 heavy (non-hydrogen) atoms. The second-order valence-electron chi connectivity index (χ2n) is 4.98. The van der Waals surface area contributed by atoms with Crippen LogP contribution in [-0.2, 0) is 12.8 Å². The van der Waals surface area contributed by atoms with Gasteiger partial charge in [-0.05, 0) is 48.1 Å². The maximum absolute atomic E-state index is 13.1. The van der Waals surface area contributed by atoms with E-state index in [0.29, 0.717) is 10.9 Å². The Morgan fingerprint density at radius 3 is 2.52 bits per heavy atom. The van der Waals surface area contributed by atoms with Crippen LogP contribution >= 0.6 is 27.5 Å². The summed E-state index contributed by atoms with van der Waals surface area (Å²) in [4.78, 5) is 0. The number of benzene rings is 2. The largest absolute Gasteiger partial charge is 0.496 e. The van der Waals surface area contributed by atoms with Gasteiger partial charge in [0.15, 0.2) is 0 Å². The van der Waals surface area contributed by atoms with Crippen LogP contribution in [0.15, 0.2) is 42.5 Å². The monoisotopic (exact) mass is 370 g/mol. The smallest absolute Gasteiger partial charge is 0.124 e. The van der Waals surface area contributed by atoms with Gasteiger partial charge in [0, 0.05) is 10.4 Å². The lowest BCUT2D eigenvalue weighted by Gasteiger charge is -2.17. The number of hydrogen-bond acceptors (Lipinski definition) is 1. The number of ether oxygens (including phenoxy) is 1. The number of hydrogen-bond donors (Lipinski definition) is 0. The first-order valence-corrected chi connectivity index (χ1v) is 8.25. The fourth-order valence-corrected chi connectivity index (χ4v) is 3.06. The number of methoxy groups -OCH3 is 1. The molecule has 0 fully saturated rings. The summed E-state index contributed by atoms with van der Waals surface area (Å²) in [6, 6.07) is 12.6. The van der Waals surface area contributed by atoms with Gasteiger partial charge in [-0.25, -0.2) is 4.39 Å². The molecular formula is C17H17BrClFO. The van der Waals surface area contributed by atoms with Crippen LogP contribution in [0, 0.1) is 11.7 Å². The summed E-state index contributed by atoms with van der Waals surface area (Å²) in [7, 11) is 1.68. The zero-order valence-corrected chi connectivity index (χ0v) is 14.1. The van der Waals surface area contributed by atoms with Crippen LogP contribution in [0.1, 0.15) is 11.1 Å². The lowest BCUT2D eigenvalue weighted by atomic mass is 9.93. The molecule has 4 heteroatoms. The summed E-state index contributed by atoms with van der Waals surface area (Å²) in [6.07, 6.45) is 1.67. The van der Waals surface area contributed by atoms with Crippen molar-refractivity contribution in [3.63, 3.8) is 0 Å². The van der Waals surface area contributed by atoms with Gasteiger partial charge in [0.25, 0.3) is 0 Å². The van der Waals surface area contributed by atoms with E-state index < -0.39 is 0 Å². The van der Waals surface area contributed by atoms with Crippen LogP contribution in [0.25, 0.3) is 0 Å². The lowest BCUT2D eigenvalue weighted by Crippen LogP contribution is -2.11. The molecule has 2 aromatic rings. The summed E-state index contributed by atoms with van der Waals surface area (Å²) in [6.45, 7) is 0. The van der Waals surface area contributed by atoms with Gasteiger partial charge in [-0.15, -0.1) is 0 Å². The highest BCUT2D eigenvalue weighted by molar-refractivity contribution is 9.09. The molecule has 1 nitrogen and oxygen atoms in total. The molecule has 1 unspecified atom stereocenters. The van der Waals surface area contributed by atoms with Crippen molar-refractivity contribution in [3.05, 3.63) is 64.4 Å². The van der Waals surface area contributed by atoms with E-state index in [1.165, 1.54) is 17.7 Å². The second-order valence-corrected chi connectivity index (χ2v) is 6.03. The molecule has 0 aliphatic heterocycles. The quantitative estimate of drug-likeness (QED) is 0.627. The summed E-state index contributed by atoms with van der Waals surface area (Å²) >= 11 is 9.67. The maximum Gasteiger partial charge on any atom is 0.124 e. The van der Waals surface area contributed by atoms with Gasteiger partial charge in [0.05, 0.1) is 7.11 Å². The van der Waals surface area contributed by atoms with E-state index in [4.69, 9.17) is 16.3 Å². The summed E-state index contributed by atoms with van der Waals surface area (Å²) in [5.41, 5.74) is 2.14. The fraction of sp³-hybridized carbons (Fsp3) is 0.294. The molecule has 0 bridgehead atoms. The Bertz CT molecular complexity index is 603. The first-order chi connectivity index (χ1) is 10.1. The SMILES string of the molecule is COc1ccccc1CC(CBr)Cc1ccc(F)cc1Cl. The Kier molecular flexibility index (Phi) is 6.07. The minimum Gasteiger partial charge on any atom is -0.496 e. The van der Waals surface area contributed by atoms with Crippen LogP contribution < -0.4 is 4.74 Å². The van der Waals surface area contributed by atoms with Crippen molar-refractivity contribution in [2.24, 2.45) is 5.92 Å². The number of halogens is 3. The zero-order valence-electron chi connectivity index (χ0n) is 11.8. The number of alkyl halides is 1. The molecule has 0 radical (unpaired) electrons. The van der Waals surface area contributed by atoms with E-state index in [1.54, 1.807) is 13.2 Å². The van der Waals surface area contributed by atoms with Crippen LogP contribution in [0.2, 0.25) is 5.02 Å². The fourth-order valence-electron chi connectivity index (χ4n) is 2.36. The number of para-hydroxylation sites is 1. The van der Waals surface area contributed by atoms with Gasteiger partial charge in [-0.1, -0.05) is 51.8 Å². The van der Waals surface area contributed by atoms with Crippen LogP contribution in [0.3, 0.4) is 0 Å². The zero-order chi connectivity index (χ0) is 15.2. The minimum absolute atomic E-state index is 0.302. The summed E-state index contributed by atoms with van der Waals surface area (Å²) < 4.78 is 18.5. The topological polar surface area (TPSA) is 9.23 Å². The van der Waals surface area contributed by atoms with E-state index in [9.17, 15) is 4.39 Å². The minimum atomic E-state index is -0.302. The molecule has 0 aliphatic carbocycles. The van der Waals surface area contributed by atoms with Gasteiger partial charge in [-0.2, -0.15) is 0 Å². The van der Waals surface area contributed by atoms with Crippen LogP contribution in [-0.4, -0.2) is 12.4 Å². The molecule has 2 aromatic carbocycles. The molecule has 0 aromatic heterocycles. The van der Waals surface area contributed by atoms with Crippen molar-refractivity contribution in [3.8, 4) is 5.75 Å². The van der Waals surface area contributed by atoms with Crippen molar-refractivity contribution >= 4 is 27.5 Å². The average molecular weight is 372 g/mol. The third kappa shape index (κ3) is 4.45. The average Bonchev–Trinajstić information content (AvgIpc) is 2.49. The van der Waals surface area contributed by atoms with E-state index >= 15 is 0 Å². The standard InChI is InChI=1S/C17H17BrClFO/c1-21-17-5-3-2-4-14(17)9-12(11-18)8-13-6-7-15(20)10-16(13)19/h2-7,10,12H,8-9,11H2,1H3. The van der Waals surface area contributed by atoms with Gasteiger partial charge >= 0.3 is 0 Å². The van der Waals surface area contributed by atoms with Crippen molar-refractivity contribution in [2.45, 2.75) is 12.8 Å². The Balaban J connectivity index is 2.13. The highest BCUT2D eigenvalue weighted by Gasteiger charge is 2.14. The van der Waals surface area contributed by atoms with Gasteiger partial charge in [-0.3, -0.25) is 0 Å². The van der Waals surface area contributed by atoms with E-state index in [2.05, 4.69) is 22.0 Å². The molecule has 112 valence electrons. The second kappa shape index (κ2) is 7.81. The molecule has 2 rings (SSSR count). The molecule has 0 heterocycles. The molecule has 0 saturated carbocycles. The van der Waals surface area contributed by atoms with Gasteiger partial charge in [0.2, 0.25) is 0 Å². The van der Waals surface area contributed by atoms with E-state index in [0.717, 1.165) is 29.5 Å². The Morgan fingerprint density at radius 1 is 1.14 bits per heavy atom. The maximum atomic E-state index is 13.1. The molecule has 0 aliphatic rings. The predicted octanol–water partition coefficient (Wildman–Crippen LogP) is 5.28. The lowest BCUT2D eigenvalue weighted by molar-refractivity contribution is 0.406. The Labute approximate surface area is 138 Å². The van der Waals surface area contributed by atoms with Crippen molar-refractivity contribution in [2.75, 3.05) is 12.4 Å².